The van der Waals surface area contributed by atoms with Gasteiger partial charge in [0.1, 0.15) is 0 Å². The number of aliphatic hydroxyl groups excluding tert-OH is 2. The number of aliphatic carboxylic acids is 2. The fourth-order valence-electron chi connectivity index (χ4n) is 6.74. The van der Waals surface area contributed by atoms with Gasteiger partial charge in [-0.25, -0.2) is 0 Å². The standard InChI is InChI=1S/C41H78N2O8/c44-34-24-14-4-8-18-28-36(26-16-6-1-12-22-32-40(48)49)42-38(46)30-20-10-3-11-21-31-39(47)43-37(29-19-9-5-15-25-35-45)27-17-7-2-13-23-33-41(50)51/h36-37,44-45H,1-35H2,(H,42,46)(H,43,47)(H,48,49)(H,50,51). The van der Waals surface area contributed by atoms with Crippen LogP contribution in [0.25, 0.3) is 0 Å². The molecule has 0 heterocycles. The van der Waals surface area contributed by atoms with E-state index < -0.39 is 11.9 Å². The molecule has 300 valence electrons. The molecule has 10 nitrogen and oxygen atoms in total. The lowest BCUT2D eigenvalue weighted by atomic mass is 9.99. The number of hydrogen-bond donors (Lipinski definition) is 6. The van der Waals surface area contributed by atoms with Gasteiger partial charge in [-0.15, -0.1) is 0 Å². The molecule has 2 atom stereocenters. The Morgan fingerprint density at radius 2 is 0.569 bits per heavy atom. The minimum Gasteiger partial charge on any atom is -0.481 e. The maximum Gasteiger partial charge on any atom is 0.303 e. The van der Waals surface area contributed by atoms with Gasteiger partial charge in [0.25, 0.3) is 0 Å². The second kappa shape index (κ2) is 37.6. The zero-order valence-corrected chi connectivity index (χ0v) is 32.3. The number of carboxylic acids is 2. The number of carbonyl (C=O) groups excluding carboxylic acids is 2. The van der Waals surface area contributed by atoms with Crippen LogP contribution in [0.3, 0.4) is 0 Å². The molecule has 0 aliphatic carbocycles. The Kier molecular flexibility index (Phi) is 35.9. The second-order valence-corrected chi connectivity index (χ2v) is 14.8. The van der Waals surface area contributed by atoms with Gasteiger partial charge in [-0.2, -0.15) is 0 Å². The number of carboxylic acid groups (broad SMARTS) is 2. The van der Waals surface area contributed by atoms with Crippen molar-refractivity contribution in [1.82, 2.24) is 10.6 Å². The first-order valence-corrected chi connectivity index (χ1v) is 21.0. The zero-order valence-electron chi connectivity index (χ0n) is 32.3. The Hall–Kier alpha value is -2.20. The summed E-state index contributed by atoms with van der Waals surface area (Å²) in [6.07, 6.45) is 30.1. The number of aliphatic hydroxyl groups is 2. The van der Waals surface area contributed by atoms with E-state index >= 15 is 0 Å². The number of unbranched alkanes of at least 4 members (excludes halogenated alkanes) is 20. The molecule has 0 spiro atoms. The molecule has 0 aromatic rings. The van der Waals surface area contributed by atoms with Crippen LogP contribution in [-0.2, 0) is 19.2 Å². The third kappa shape index (κ3) is 37.4. The van der Waals surface area contributed by atoms with E-state index in [1.807, 2.05) is 0 Å². The molecule has 0 aromatic carbocycles. The van der Waals surface area contributed by atoms with Gasteiger partial charge in [-0.05, 0) is 64.2 Å². The Morgan fingerprint density at radius 3 is 0.843 bits per heavy atom. The third-order valence-corrected chi connectivity index (χ3v) is 9.85. The first-order valence-electron chi connectivity index (χ1n) is 21.0. The lowest BCUT2D eigenvalue weighted by Gasteiger charge is -2.19. The first kappa shape index (κ1) is 48.8. The molecular formula is C41H78N2O8. The number of nitrogens with one attached hydrogen (secondary N) is 2. The summed E-state index contributed by atoms with van der Waals surface area (Å²) in [7, 11) is 0. The second-order valence-electron chi connectivity index (χ2n) is 14.8. The monoisotopic (exact) mass is 727 g/mol. The summed E-state index contributed by atoms with van der Waals surface area (Å²) in [5.41, 5.74) is 0. The maximum absolute atomic E-state index is 12.8. The molecule has 0 aromatic heterocycles. The zero-order chi connectivity index (χ0) is 37.6. The normalized spacial score (nSPS) is 12.4. The molecule has 10 heteroatoms. The summed E-state index contributed by atoms with van der Waals surface area (Å²) in [6, 6.07) is 0.374. The van der Waals surface area contributed by atoms with E-state index in [1.54, 1.807) is 0 Å². The summed E-state index contributed by atoms with van der Waals surface area (Å²) < 4.78 is 0. The van der Waals surface area contributed by atoms with Crippen LogP contribution in [0.15, 0.2) is 0 Å². The highest BCUT2D eigenvalue weighted by atomic mass is 16.4. The number of amides is 2. The Balaban J connectivity index is 4.34. The van der Waals surface area contributed by atoms with Crippen LogP contribution in [0.5, 0.6) is 0 Å². The highest BCUT2D eigenvalue weighted by Gasteiger charge is 2.14. The summed E-state index contributed by atoms with van der Waals surface area (Å²) in [5.74, 6) is -1.21. The van der Waals surface area contributed by atoms with Gasteiger partial charge in [0.15, 0.2) is 0 Å². The fourth-order valence-corrected chi connectivity index (χ4v) is 6.74. The first-order chi connectivity index (χ1) is 24.8. The van der Waals surface area contributed by atoms with E-state index in [2.05, 4.69) is 10.6 Å². The average molecular weight is 727 g/mol. The number of rotatable bonds is 40. The lowest BCUT2D eigenvalue weighted by molar-refractivity contribution is -0.138. The Labute approximate surface area is 310 Å². The molecule has 0 fully saturated rings. The lowest BCUT2D eigenvalue weighted by Crippen LogP contribution is -2.34. The smallest absolute Gasteiger partial charge is 0.303 e. The van der Waals surface area contributed by atoms with Gasteiger partial charge in [0.05, 0.1) is 0 Å². The quantitative estimate of drug-likeness (QED) is 0.0340. The van der Waals surface area contributed by atoms with Crippen molar-refractivity contribution in [2.45, 2.75) is 224 Å². The summed E-state index contributed by atoms with van der Waals surface area (Å²) in [5, 5.41) is 42.2. The van der Waals surface area contributed by atoms with E-state index in [4.69, 9.17) is 20.4 Å². The number of hydrogen-bond acceptors (Lipinski definition) is 6. The highest BCUT2D eigenvalue weighted by Crippen LogP contribution is 2.17. The molecule has 6 N–H and O–H groups in total. The van der Waals surface area contributed by atoms with E-state index in [9.17, 15) is 19.2 Å². The van der Waals surface area contributed by atoms with Gasteiger partial charge in [0, 0.05) is 51.0 Å². The van der Waals surface area contributed by atoms with Crippen molar-refractivity contribution in [2.75, 3.05) is 13.2 Å². The van der Waals surface area contributed by atoms with Crippen molar-refractivity contribution < 1.29 is 39.6 Å². The Bertz CT molecular complexity index is 774. The number of carbonyl (C=O) groups is 4. The van der Waals surface area contributed by atoms with Crippen LogP contribution >= 0.6 is 0 Å². The van der Waals surface area contributed by atoms with E-state index in [1.165, 1.54) is 0 Å². The summed E-state index contributed by atoms with van der Waals surface area (Å²) in [6.45, 7) is 0.494. The van der Waals surface area contributed by atoms with Gasteiger partial charge >= 0.3 is 11.9 Å². The summed E-state index contributed by atoms with van der Waals surface area (Å²) in [4.78, 5) is 46.9. The SMILES string of the molecule is O=C(O)CCCCCCCC(CCCCCCCO)NC(=O)CCCCCCCC(=O)NC(CCCCCCCO)CCCCCCCC(=O)O. The minimum atomic E-state index is -0.732. The molecule has 51 heavy (non-hydrogen) atoms. The largest absolute Gasteiger partial charge is 0.481 e. The predicted octanol–water partition coefficient (Wildman–Crippen LogP) is 8.98. The van der Waals surface area contributed by atoms with Gasteiger partial charge in [-0.3, -0.25) is 19.2 Å². The van der Waals surface area contributed by atoms with E-state index in [0.717, 1.165) is 186 Å². The van der Waals surface area contributed by atoms with Crippen LogP contribution < -0.4 is 10.6 Å². The van der Waals surface area contributed by atoms with Crippen LogP contribution in [0.2, 0.25) is 0 Å². The van der Waals surface area contributed by atoms with Crippen molar-refractivity contribution in [2.24, 2.45) is 0 Å². The van der Waals surface area contributed by atoms with Crippen LogP contribution in [0.4, 0.5) is 0 Å². The van der Waals surface area contributed by atoms with Crippen molar-refractivity contribution >= 4 is 23.8 Å². The fraction of sp³-hybridized carbons (Fsp3) is 0.902. The van der Waals surface area contributed by atoms with E-state index in [-0.39, 0.29) is 50.0 Å². The molecule has 0 saturated heterocycles. The molecule has 0 aliphatic rings. The third-order valence-electron chi connectivity index (χ3n) is 9.85. The molecule has 2 amide bonds. The van der Waals surface area contributed by atoms with Crippen molar-refractivity contribution in [3.8, 4) is 0 Å². The van der Waals surface area contributed by atoms with Crippen molar-refractivity contribution in [3.05, 3.63) is 0 Å². The molecule has 0 aliphatic heterocycles. The van der Waals surface area contributed by atoms with Crippen LogP contribution in [-0.4, -0.2) is 69.5 Å². The van der Waals surface area contributed by atoms with Crippen molar-refractivity contribution in [1.29, 1.82) is 0 Å². The van der Waals surface area contributed by atoms with Crippen molar-refractivity contribution in [3.63, 3.8) is 0 Å². The molecule has 0 rings (SSSR count). The van der Waals surface area contributed by atoms with Crippen LogP contribution in [0, 0.1) is 0 Å². The maximum atomic E-state index is 12.8. The molecular weight excluding hydrogens is 648 g/mol. The average Bonchev–Trinajstić information content (AvgIpc) is 3.09. The predicted molar refractivity (Wildman–Crippen MR) is 206 cm³/mol. The molecule has 0 saturated carbocycles. The van der Waals surface area contributed by atoms with Gasteiger partial charge in [0.2, 0.25) is 11.8 Å². The van der Waals surface area contributed by atoms with E-state index in [0.29, 0.717) is 12.8 Å². The summed E-state index contributed by atoms with van der Waals surface area (Å²) >= 11 is 0. The van der Waals surface area contributed by atoms with Crippen LogP contribution in [0.1, 0.15) is 212 Å². The van der Waals surface area contributed by atoms with Gasteiger partial charge < -0.3 is 31.1 Å². The topological polar surface area (TPSA) is 173 Å². The minimum absolute atomic E-state index is 0.126. The molecule has 0 radical (unpaired) electrons. The Morgan fingerprint density at radius 1 is 0.333 bits per heavy atom. The highest BCUT2D eigenvalue weighted by molar-refractivity contribution is 5.76. The van der Waals surface area contributed by atoms with Gasteiger partial charge in [-0.1, -0.05) is 122 Å². The molecule has 0 bridgehead atoms. The molecule has 2 unspecified atom stereocenters.